The van der Waals surface area contributed by atoms with Crippen molar-refractivity contribution in [1.29, 1.82) is 0 Å². The Labute approximate surface area is 196 Å². The molecule has 34 heavy (non-hydrogen) atoms. The lowest BCUT2D eigenvalue weighted by Gasteiger charge is -2.17. The average Bonchev–Trinajstić information content (AvgIpc) is 3.23. The molecule has 3 aromatic carbocycles. The molecule has 8 heteroatoms. The first-order chi connectivity index (χ1) is 16.3. The summed E-state index contributed by atoms with van der Waals surface area (Å²) in [6.07, 6.45) is 0.0453. The molecule has 3 aromatic rings. The van der Waals surface area contributed by atoms with Crippen molar-refractivity contribution in [3.63, 3.8) is 0 Å². The second kappa shape index (κ2) is 9.74. The van der Waals surface area contributed by atoms with Gasteiger partial charge in [0.1, 0.15) is 11.6 Å². The number of hydrogen-bond donors (Lipinski definition) is 2. The van der Waals surface area contributed by atoms with E-state index in [0.717, 1.165) is 0 Å². The lowest BCUT2D eigenvalue weighted by atomic mass is 10.1. The summed E-state index contributed by atoms with van der Waals surface area (Å²) < 4.78 is 19.0. The number of hydrogen-bond acceptors (Lipinski definition) is 4. The van der Waals surface area contributed by atoms with Gasteiger partial charge in [-0.25, -0.2) is 4.39 Å². The van der Waals surface area contributed by atoms with Crippen molar-refractivity contribution in [1.82, 2.24) is 0 Å². The van der Waals surface area contributed by atoms with Gasteiger partial charge in [0.05, 0.1) is 13.0 Å². The molecule has 174 valence electrons. The standard InChI is InChI=1S/C26H24FN3O4/c1-16-3-10-21(14-23(16)27)30-15-18(13-24(30)31)26(33)29-19-6-4-17(5-7-19)25(32)28-20-8-11-22(34-2)12-9-20/h3-12,14,18H,13,15H2,1-2H3,(H,28,32)(H,29,33). The van der Waals surface area contributed by atoms with E-state index in [4.69, 9.17) is 4.74 Å². The summed E-state index contributed by atoms with van der Waals surface area (Å²) in [6.45, 7) is 1.82. The Morgan fingerprint density at radius 3 is 2.26 bits per heavy atom. The van der Waals surface area contributed by atoms with Crippen LogP contribution < -0.4 is 20.3 Å². The van der Waals surface area contributed by atoms with Gasteiger partial charge in [0.25, 0.3) is 5.91 Å². The van der Waals surface area contributed by atoms with Crippen molar-refractivity contribution >= 4 is 34.8 Å². The number of nitrogens with zero attached hydrogens (tertiary/aromatic N) is 1. The van der Waals surface area contributed by atoms with E-state index in [-0.39, 0.29) is 30.7 Å². The van der Waals surface area contributed by atoms with Crippen LogP contribution >= 0.6 is 0 Å². The van der Waals surface area contributed by atoms with E-state index in [1.807, 2.05) is 0 Å². The predicted octanol–water partition coefficient (Wildman–Crippen LogP) is 4.39. The zero-order valence-electron chi connectivity index (χ0n) is 18.8. The molecule has 1 fully saturated rings. The molecule has 1 heterocycles. The van der Waals surface area contributed by atoms with Crippen molar-refractivity contribution in [2.75, 3.05) is 29.2 Å². The number of amides is 3. The number of carbonyl (C=O) groups is 3. The second-order valence-electron chi connectivity index (χ2n) is 8.09. The number of aryl methyl sites for hydroxylation is 1. The third-order valence-corrected chi connectivity index (χ3v) is 5.73. The maximum atomic E-state index is 13.9. The molecular weight excluding hydrogens is 437 g/mol. The van der Waals surface area contributed by atoms with E-state index in [9.17, 15) is 18.8 Å². The van der Waals surface area contributed by atoms with Crippen LogP contribution in [0.1, 0.15) is 22.3 Å². The molecule has 2 N–H and O–H groups in total. The summed E-state index contributed by atoms with van der Waals surface area (Å²) in [5.74, 6) is -1.08. The number of carbonyl (C=O) groups excluding carboxylic acids is 3. The van der Waals surface area contributed by atoms with Crippen LogP contribution in [-0.2, 0) is 9.59 Å². The molecule has 0 radical (unpaired) electrons. The Morgan fingerprint density at radius 1 is 0.971 bits per heavy atom. The van der Waals surface area contributed by atoms with Gasteiger partial charge in [-0.2, -0.15) is 0 Å². The van der Waals surface area contributed by atoms with Gasteiger partial charge < -0.3 is 20.3 Å². The highest BCUT2D eigenvalue weighted by Gasteiger charge is 2.35. The summed E-state index contributed by atoms with van der Waals surface area (Å²) in [4.78, 5) is 39.0. The van der Waals surface area contributed by atoms with Crippen LogP contribution in [0.25, 0.3) is 0 Å². The van der Waals surface area contributed by atoms with Crippen LogP contribution in [-0.4, -0.2) is 31.4 Å². The summed E-state index contributed by atoms with van der Waals surface area (Å²) in [7, 11) is 1.57. The molecule has 0 aliphatic carbocycles. The maximum absolute atomic E-state index is 13.9. The van der Waals surface area contributed by atoms with Crippen molar-refractivity contribution in [3.8, 4) is 5.75 Å². The van der Waals surface area contributed by atoms with E-state index in [2.05, 4.69) is 10.6 Å². The van der Waals surface area contributed by atoms with Gasteiger partial charge in [-0.05, 0) is 73.2 Å². The van der Waals surface area contributed by atoms with Crippen LogP contribution in [0.15, 0.2) is 66.7 Å². The Balaban J connectivity index is 1.35. The summed E-state index contributed by atoms with van der Waals surface area (Å²) in [5.41, 5.74) is 2.50. The number of rotatable bonds is 6. The molecule has 1 atom stereocenters. The molecule has 0 spiro atoms. The Hall–Kier alpha value is -4.20. The fourth-order valence-electron chi connectivity index (χ4n) is 3.71. The van der Waals surface area contributed by atoms with E-state index in [0.29, 0.717) is 33.9 Å². The third-order valence-electron chi connectivity index (χ3n) is 5.73. The minimum Gasteiger partial charge on any atom is -0.497 e. The second-order valence-corrected chi connectivity index (χ2v) is 8.09. The molecule has 1 aliphatic rings. The first-order valence-corrected chi connectivity index (χ1v) is 10.8. The first-order valence-electron chi connectivity index (χ1n) is 10.8. The lowest BCUT2D eigenvalue weighted by Crippen LogP contribution is -2.28. The maximum Gasteiger partial charge on any atom is 0.255 e. The van der Waals surface area contributed by atoms with Crippen LogP contribution in [0.5, 0.6) is 5.75 Å². The highest BCUT2D eigenvalue weighted by atomic mass is 19.1. The van der Waals surface area contributed by atoms with Crippen LogP contribution in [0, 0.1) is 18.7 Å². The number of ether oxygens (including phenoxy) is 1. The summed E-state index contributed by atoms with van der Waals surface area (Å²) in [5, 5.41) is 5.58. The SMILES string of the molecule is COc1ccc(NC(=O)c2ccc(NC(=O)C3CC(=O)N(c4ccc(C)c(F)c4)C3)cc2)cc1. The van der Waals surface area contributed by atoms with Crippen molar-refractivity contribution < 1.29 is 23.5 Å². The van der Waals surface area contributed by atoms with Gasteiger partial charge in [0.2, 0.25) is 11.8 Å². The number of nitrogens with one attached hydrogen (secondary N) is 2. The molecule has 0 saturated carbocycles. The number of methoxy groups -OCH3 is 1. The lowest BCUT2D eigenvalue weighted by molar-refractivity contribution is -0.122. The minimum absolute atomic E-state index is 0.0453. The van der Waals surface area contributed by atoms with E-state index in [1.54, 1.807) is 74.7 Å². The van der Waals surface area contributed by atoms with E-state index < -0.39 is 11.7 Å². The van der Waals surface area contributed by atoms with Crippen molar-refractivity contribution in [2.24, 2.45) is 5.92 Å². The Morgan fingerprint density at radius 2 is 1.62 bits per heavy atom. The molecule has 0 bridgehead atoms. The monoisotopic (exact) mass is 461 g/mol. The Bertz CT molecular complexity index is 1230. The number of halogens is 1. The molecule has 4 rings (SSSR count). The van der Waals surface area contributed by atoms with Crippen LogP contribution in [0.4, 0.5) is 21.5 Å². The van der Waals surface area contributed by atoms with Crippen LogP contribution in [0.3, 0.4) is 0 Å². The highest BCUT2D eigenvalue weighted by molar-refractivity contribution is 6.05. The zero-order valence-corrected chi connectivity index (χ0v) is 18.8. The first kappa shape index (κ1) is 23.0. The summed E-state index contributed by atoms with van der Waals surface area (Å²) >= 11 is 0. The van der Waals surface area contributed by atoms with Gasteiger partial charge in [0, 0.05) is 35.6 Å². The van der Waals surface area contributed by atoms with Gasteiger partial charge in [-0.3, -0.25) is 14.4 Å². The van der Waals surface area contributed by atoms with E-state index >= 15 is 0 Å². The molecule has 0 aromatic heterocycles. The average molecular weight is 461 g/mol. The quantitative estimate of drug-likeness (QED) is 0.570. The number of benzene rings is 3. The molecule has 1 unspecified atom stereocenters. The van der Waals surface area contributed by atoms with Crippen LogP contribution in [0.2, 0.25) is 0 Å². The van der Waals surface area contributed by atoms with Gasteiger partial charge in [-0.15, -0.1) is 0 Å². The van der Waals surface area contributed by atoms with Gasteiger partial charge in [0.15, 0.2) is 0 Å². The normalized spacial score (nSPS) is 15.2. The van der Waals surface area contributed by atoms with Gasteiger partial charge >= 0.3 is 0 Å². The zero-order chi connectivity index (χ0) is 24.2. The predicted molar refractivity (Wildman–Crippen MR) is 128 cm³/mol. The molecule has 1 saturated heterocycles. The number of anilines is 3. The van der Waals surface area contributed by atoms with Gasteiger partial charge in [-0.1, -0.05) is 6.07 Å². The fourth-order valence-corrected chi connectivity index (χ4v) is 3.71. The molecular formula is C26H24FN3O4. The molecule has 3 amide bonds. The third kappa shape index (κ3) is 5.06. The highest BCUT2D eigenvalue weighted by Crippen LogP contribution is 2.27. The summed E-state index contributed by atoms with van der Waals surface area (Å²) in [6, 6.07) is 18.0. The molecule has 1 aliphatic heterocycles. The largest absolute Gasteiger partial charge is 0.497 e. The smallest absolute Gasteiger partial charge is 0.255 e. The minimum atomic E-state index is -0.560. The van der Waals surface area contributed by atoms with Crippen molar-refractivity contribution in [2.45, 2.75) is 13.3 Å². The van der Waals surface area contributed by atoms with Crippen molar-refractivity contribution in [3.05, 3.63) is 83.7 Å². The fraction of sp³-hybridized carbons (Fsp3) is 0.192. The van der Waals surface area contributed by atoms with E-state index in [1.165, 1.54) is 11.0 Å². The molecule has 7 nitrogen and oxygen atoms in total. The topological polar surface area (TPSA) is 87.7 Å². The Kier molecular flexibility index (Phi) is 6.58.